The van der Waals surface area contributed by atoms with Crippen molar-refractivity contribution in [3.63, 3.8) is 0 Å². The summed E-state index contributed by atoms with van der Waals surface area (Å²) in [6.07, 6.45) is 0. The third kappa shape index (κ3) is 2.85. The van der Waals surface area contributed by atoms with E-state index in [1.54, 1.807) is 7.11 Å². The van der Waals surface area contributed by atoms with Gasteiger partial charge in [-0.1, -0.05) is 0 Å². The van der Waals surface area contributed by atoms with Crippen molar-refractivity contribution < 1.29 is 9.47 Å². The van der Waals surface area contributed by atoms with Crippen LogP contribution in [0.2, 0.25) is 0 Å². The first-order valence-corrected chi connectivity index (χ1v) is 6.14. The molecule has 1 atom stereocenters. The molecule has 1 aromatic heterocycles. The smallest absolute Gasteiger partial charge is 0.181 e. The van der Waals surface area contributed by atoms with Crippen LogP contribution >= 0.6 is 0 Å². The molecule has 0 saturated heterocycles. The number of H-pyrrole nitrogens is 1. The number of nitrogens with two attached hydrogens (primary N) is 1. The van der Waals surface area contributed by atoms with Crippen molar-refractivity contribution in [1.29, 1.82) is 0 Å². The number of rotatable bonds is 5. The van der Waals surface area contributed by atoms with Crippen LogP contribution in [-0.2, 0) is 0 Å². The molecule has 102 valence electrons. The molecule has 0 unspecified atom stereocenters. The van der Waals surface area contributed by atoms with Gasteiger partial charge >= 0.3 is 0 Å². The van der Waals surface area contributed by atoms with Crippen LogP contribution in [0.25, 0.3) is 11.4 Å². The van der Waals surface area contributed by atoms with E-state index in [1.165, 1.54) is 0 Å². The lowest BCUT2D eigenvalue weighted by molar-refractivity contribution is 0.311. The standard InChI is InChI=1S/C13H18N4O2/c1-4-19-10-6-5-9(7-11(10)18-3)13-15-12(8(2)14)16-17-13/h5-8H,4,14H2,1-3H3,(H,15,16,17)/t8-/m0/s1. The number of aromatic nitrogens is 3. The highest BCUT2D eigenvalue weighted by atomic mass is 16.5. The van der Waals surface area contributed by atoms with Crippen LogP contribution in [0.4, 0.5) is 0 Å². The number of aromatic amines is 1. The first kappa shape index (κ1) is 13.4. The summed E-state index contributed by atoms with van der Waals surface area (Å²) in [7, 11) is 1.60. The molecule has 1 aromatic carbocycles. The monoisotopic (exact) mass is 262 g/mol. The SMILES string of the molecule is CCOc1ccc(-c2n[nH]c([C@H](C)N)n2)cc1OC. The first-order valence-electron chi connectivity index (χ1n) is 6.14. The van der Waals surface area contributed by atoms with Crippen molar-refractivity contribution in [2.75, 3.05) is 13.7 Å². The lowest BCUT2D eigenvalue weighted by Gasteiger charge is -2.09. The van der Waals surface area contributed by atoms with Gasteiger partial charge in [-0.15, -0.1) is 0 Å². The summed E-state index contributed by atoms with van der Waals surface area (Å²) in [6, 6.07) is 5.41. The molecular formula is C13H18N4O2. The number of methoxy groups -OCH3 is 1. The fourth-order valence-electron chi connectivity index (χ4n) is 1.69. The Labute approximate surface area is 111 Å². The van der Waals surface area contributed by atoms with Gasteiger partial charge < -0.3 is 15.2 Å². The summed E-state index contributed by atoms with van der Waals surface area (Å²) in [5.41, 5.74) is 6.60. The number of hydrogen-bond donors (Lipinski definition) is 2. The second-order valence-corrected chi connectivity index (χ2v) is 4.13. The van der Waals surface area contributed by atoms with E-state index in [9.17, 15) is 0 Å². The van der Waals surface area contributed by atoms with Crippen molar-refractivity contribution in [3.05, 3.63) is 24.0 Å². The maximum absolute atomic E-state index is 5.75. The van der Waals surface area contributed by atoms with Crippen molar-refractivity contribution in [2.45, 2.75) is 19.9 Å². The highest BCUT2D eigenvalue weighted by Gasteiger charge is 2.12. The molecule has 2 rings (SSSR count). The van der Waals surface area contributed by atoms with Crippen LogP contribution in [0.15, 0.2) is 18.2 Å². The van der Waals surface area contributed by atoms with Gasteiger partial charge in [-0.3, -0.25) is 5.10 Å². The fourth-order valence-corrected chi connectivity index (χ4v) is 1.69. The number of benzene rings is 1. The third-order valence-electron chi connectivity index (χ3n) is 2.66. The molecule has 1 heterocycles. The Bertz CT molecular complexity index is 551. The second-order valence-electron chi connectivity index (χ2n) is 4.13. The maximum Gasteiger partial charge on any atom is 0.181 e. The maximum atomic E-state index is 5.75. The fraction of sp³-hybridized carbons (Fsp3) is 0.385. The number of nitrogens with one attached hydrogen (secondary N) is 1. The summed E-state index contributed by atoms with van der Waals surface area (Å²) in [5, 5.41) is 6.97. The van der Waals surface area contributed by atoms with Gasteiger partial charge in [-0.25, -0.2) is 4.98 Å². The van der Waals surface area contributed by atoms with E-state index < -0.39 is 0 Å². The summed E-state index contributed by atoms with van der Waals surface area (Å²) in [4.78, 5) is 4.34. The van der Waals surface area contributed by atoms with Crippen LogP contribution in [0, 0.1) is 0 Å². The highest BCUT2D eigenvalue weighted by Crippen LogP contribution is 2.31. The van der Waals surface area contributed by atoms with E-state index in [1.807, 2.05) is 32.0 Å². The molecule has 2 aromatic rings. The number of ether oxygens (including phenoxy) is 2. The molecule has 0 amide bonds. The average molecular weight is 262 g/mol. The molecule has 0 spiro atoms. The van der Waals surface area contributed by atoms with Crippen LogP contribution in [-0.4, -0.2) is 28.9 Å². The first-order chi connectivity index (χ1) is 9.15. The van der Waals surface area contributed by atoms with Gasteiger partial charge in [0.05, 0.1) is 19.8 Å². The molecule has 6 nitrogen and oxygen atoms in total. The Balaban J connectivity index is 2.34. The van der Waals surface area contributed by atoms with Crippen molar-refractivity contribution in [3.8, 4) is 22.9 Å². The Kier molecular flexibility index (Phi) is 4.01. The van der Waals surface area contributed by atoms with E-state index in [-0.39, 0.29) is 6.04 Å². The molecule has 19 heavy (non-hydrogen) atoms. The van der Waals surface area contributed by atoms with E-state index in [0.717, 1.165) is 5.56 Å². The molecule has 0 aliphatic rings. The van der Waals surface area contributed by atoms with Gasteiger partial charge in [0, 0.05) is 5.56 Å². The molecular weight excluding hydrogens is 244 g/mol. The average Bonchev–Trinajstić information content (AvgIpc) is 2.89. The quantitative estimate of drug-likeness (QED) is 0.859. The highest BCUT2D eigenvalue weighted by molar-refractivity contribution is 5.60. The second kappa shape index (κ2) is 5.71. The zero-order valence-electron chi connectivity index (χ0n) is 11.3. The molecule has 0 fully saturated rings. The molecule has 0 aliphatic carbocycles. The predicted molar refractivity (Wildman–Crippen MR) is 72.1 cm³/mol. The molecule has 0 aliphatic heterocycles. The lowest BCUT2D eigenvalue weighted by atomic mass is 10.2. The Morgan fingerprint density at radius 2 is 2.16 bits per heavy atom. The minimum atomic E-state index is -0.175. The minimum absolute atomic E-state index is 0.175. The van der Waals surface area contributed by atoms with Crippen LogP contribution in [0.3, 0.4) is 0 Å². The van der Waals surface area contributed by atoms with E-state index in [0.29, 0.717) is 29.8 Å². The van der Waals surface area contributed by atoms with Crippen LogP contribution in [0.1, 0.15) is 25.7 Å². The molecule has 3 N–H and O–H groups in total. The molecule has 6 heteroatoms. The summed E-state index contributed by atoms with van der Waals surface area (Å²) < 4.78 is 10.8. The minimum Gasteiger partial charge on any atom is -0.493 e. The van der Waals surface area contributed by atoms with Crippen molar-refractivity contribution in [2.24, 2.45) is 5.73 Å². The summed E-state index contributed by atoms with van der Waals surface area (Å²) in [5.74, 6) is 2.61. The normalized spacial score (nSPS) is 12.2. The van der Waals surface area contributed by atoms with Crippen molar-refractivity contribution >= 4 is 0 Å². The molecule has 0 bridgehead atoms. The van der Waals surface area contributed by atoms with Gasteiger partial charge in [0.2, 0.25) is 0 Å². The van der Waals surface area contributed by atoms with E-state index >= 15 is 0 Å². The zero-order valence-corrected chi connectivity index (χ0v) is 11.3. The third-order valence-corrected chi connectivity index (χ3v) is 2.66. The van der Waals surface area contributed by atoms with Gasteiger partial charge in [-0.2, -0.15) is 5.10 Å². The number of nitrogens with zero attached hydrogens (tertiary/aromatic N) is 2. The number of hydrogen-bond acceptors (Lipinski definition) is 5. The van der Waals surface area contributed by atoms with Crippen LogP contribution in [0.5, 0.6) is 11.5 Å². The lowest BCUT2D eigenvalue weighted by Crippen LogP contribution is -2.06. The topological polar surface area (TPSA) is 86.0 Å². The predicted octanol–water partition coefficient (Wildman–Crippen LogP) is 1.90. The Morgan fingerprint density at radius 3 is 2.74 bits per heavy atom. The van der Waals surface area contributed by atoms with Gasteiger partial charge in [0.1, 0.15) is 5.82 Å². The molecule has 0 radical (unpaired) electrons. The molecule has 0 saturated carbocycles. The summed E-state index contributed by atoms with van der Waals surface area (Å²) >= 11 is 0. The van der Waals surface area contributed by atoms with E-state index in [4.69, 9.17) is 15.2 Å². The summed E-state index contributed by atoms with van der Waals surface area (Å²) in [6.45, 7) is 4.37. The Hall–Kier alpha value is -2.08. The van der Waals surface area contributed by atoms with Crippen LogP contribution < -0.4 is 15.2 Å². The largest absolute Gasteiger partial charge is 0.493 e. The van der Waals surface area contributed by atoms with Crippen molar-refractivity contribution in [1.82, 2.24) is 15.2 Å². The van der Waals surface area contributed by atoms with E-state index in [2.05, 4.69) is 15.2 Å². The van der Waals surface area contributed by atoms with Gasteiger partial charge in [0.25, 0.3) is 0 Å². The zero-order chi connectivity index (χ0) is 13.8. The van der Waals surface area contributed by atoms with Gasteiger partial charge in [0.15, 0.2) is 17.3 Å². The van der Waals surface area contributed by atoms with Gasteiger partial charge in [-0.05, 0) is 32.0 Å². The Morgan fingerprint density at radius 1 is 1.37 bits per heavy atom.